The van der Waals surface area contributed by atoms with Crippen molar-refractivity contribution in [3.05, 3.63) is 89.0 Å². The molecule has 0 aromatic heterocycles. The van der Waals surface area contributed by atoms with Crippen molar-refractivity contribution < 1.29 is 19.1 Å². The molecule has 1 N–H and O–H groups in total. The van der Waals surface area contributed by atoms with Crippen molar-refractivity contribution in [2.45, 2.75) is 29.5 Å². The summed E-state index contributed by atoms with van der Waals surface area (Å²) in [6.45, 7) is 2.66. The highest BCUT2D eigenvalue weighted by molar-refractivity contribution is 7.99. The van der Waals surface area contributed by atoms with Gasteiger partial charge in [-0.2, -0.15) is 0 Å². The monoisotopic (exact) mass is 462 g/mol. The number of nitrogens with zero attached hydrogens (tertiary/aromatic N) is 1. The van der Waals surface area contributed by atoms with Crippen LogP contribution in [0.1, 0.15) is 31.8 Å². The highest BCUT2D eigenvalue weighted by Crippen LogP contribution is 2.42. The Morgan fingerprint density at radius 3 is 2.48 bits per heavy atom. The van der Waals surface area contributed by atoms with Gasteiger partial charge in [-0.05, 0) is 48.4 Å². The Labute approximate surface area is 197 Å². The van der Waals surface area contributed by atoms with E-state index >= 15 is 0 Å². The number of nitrogens with one attached hydrogen (secondary N) is 1. The van der Waals surface area contributed by atoms with Gasteiger partial charge in [0.15, 0.2) is 6.29 Å². The lowest BCUT2D eigenvalue weighted by atomic mass is 10.1. The quantitative estimate of drug-likeness (QED) is 0.518. The van der Waals surface area contributed by atoms with Gasteiger partial charge in [-0.3, -0.25) is 9.59 Å². The minimum atomic E-state index is -0.529. The summed E-state index contributed by atoms with van der Waals surface area (Å²) in [6.07, 6.45) is -0.529. The fourth-order valence-electron chi connectivity index (χ4n) is 3.72. The van der Waals surface area contributed by atoms with Crippen LogP contribution in [0.3, 0.4) is 0 Å². The molecule has 0 atom stereocenters. The van der Waals surface area contributed by atoms with E-state index in [0.29, 0.717) is 23.4 Å². The predicted octanol–water partition coefficient (Wildman–Crippen LogP) is 4.66. The zero-order chi connectivity index (χ0) is 23.4. The Morgan fingerprint density at radius 1 is 1.00 bits per heavy atom. The maximum Gasteiger partial charge on any atom is 0.259 e. The first-order chi connectivity index (χ1) is 16.0. The van der Waals surface area contributed by atoms with Gasteiger partial charge < -0.3 is 19.7 Å². The van der Waals surface area contributed by atoms with E-state index in [1.807, 2.05) is 61.5 Å². The van der Waals surface area contributed by atoms with E-state index in [1.54, 1.807) is 17.0 Å². The molecule has 2 amide bonds. The fraction of sp³-hybridized carbons (Fsp3) is 0.231. The number of carbonyl (C=O) groups is 2. The van der Waals surface area contributed by atoms with Crippen molar-refractivity contribution in [1.82, 2.24) is 5.32 Å². The third-order valence-corrected chi connectivity index (χ3v) is 6.78. The maximum atomic E-state index is 13.7. The molecule has 1 heterocycles. The van der Waals surface area contributed by atoms with Gasteiger partial charge in [0.2, 0.25) is 0 Å². The van der Waals surface area contributed by atoms with Crippen LogP contribution < -0.4 is 10.2 Å². The third-order valence-electron chi connectivity index (χ3n) is 5.64. The molecule has 0 unspecified atom stereocenters. The number of fused-ring (bicyclic) bond motifs is 2. The number of methoxy groups -OCH3 is 2. The van der Waals surface area contributed by atoms with Crippen LogP contribution in [0.2, 0.25) is 0 Å². The molecule has 0 radical (unpaired) electrons. The largest absolute Gasteiger partial charge is 0.354 e. The zero-order valence-electron chi connectivity index (χ0n) is 18.8. The van der Waals surface area contributed by atoms with Crippen LogP contribution in [0.5, 0.6) is 0 Å². The molecule has 1 aliphatic heterocycles. The van der Waals surface area contributed by atoms with E-state index in [4.69, 9.17) is 9.47 Å². The summed E-state index contributed by atoms with van der Waals surface area (Å²) in [5.41, 5.74) is 4.00. The molecular formula is C26H26N2O4S. The molecule has 7 heteroatoms. The van der Waals surface area contributed by atoms with E-state index in [0.717, 1.165) is 20.9 Å². The third kappa shape index (κ3) is 4.95. The minimum absolute atomic E-state index is 0.0866. The molecule has 0 aliphatic carbocycles. The fourth-order valence-corrected chi connectivity index (χ4v) is 4.78. The normalized spacial score (nSPS) is 12.8. The predicted molar refractivity (Wildman–Crippen MR) is 129 cm³/mol. The first-order valence-corrected chi connectivity index (χ1v) is 11.4. The van der Waals surface area contributed by atoms with E-state index in [1.165, 1.54) is 26.0 Å². The Bertz CT molecular complexity index is 1180. The van der Waals surface area contributed by atoms with Crippen LogP contribution in [0.15, 0.2) is 76.5 Å². The van der Waals surface area contributed by atoms with E-state index in [9.17, 15) is 9.59 Å². The number of aryl methyl sites for hydroxylation is 1. The summed E-state index contributed by atoms with van der Waals surface area (Å²) in [5, 5.41) is 2.83. The summed E-state index contributed by atoms with van der Waals surface area (Å²) in [5.74, 6) is -0.344. The summed E-state index contributed by atoms with van der Waals surface area (Å²) in [6, 6.07) is 21.1. The maximum absolute atomic E-state index is 13.7. The first-order valence-electron chi connectivity index (χ1n) is 10.6. The lowest BCUT2D eigenvalue weighted by molar-refractivity contribution is -0.0974. The summed E-state index contributed by atoms with van der Waals surface area (Å²) in [4.78, 5) is 30.1. The Kier molecular flexibility index (Phi) is 7.13. The number of benzene rings is 3. The van der Waals surface area contributed by atoms with Crippen LogP contribution >= 0.6 is 11.8 Å². The van der Waals surface area contributed by atoms with Gasteiger partial charge in [-0.1, -0.05) is 48.2 Å². The van der Waals surface area contributed by atoms with Crippen molar-refractivity contribution in [3.63, 3.8) is 0 Å². The molecule has 0 saturated heterocycles. The number of hydrogen-bond donors (Lipinski definition) is 1. The lowest BCUT2D eigenvalue weighted by Crippen LogP contribution is -2.34. The highest BCUT2D eigenvalue weighted by Gasteiger charge is 2.28. The van der Waals surface area contributed by atoms with Gasteiger partial charge in [0, 0.05) is 29.6 Å². The van der Waals surface area contributed by atoms with Crippen molar-refractivity contribution in [3.8, 4) is 0 Å². The number of carbonyl (C=O) groups excluding carboxylic acids is 2. The van der Waals surface area contributed by atoms with Gasteiger partial charge in [0.25, 0.3) is 11.8 Å². The van der Waals surface area contributed by atoms with Gasteiger partial charge in [0.1, 0.15) is 0 Å². The van der Waals surface area contributed by atoms with Crippen LogP contribution in [-0.4, -0.2) is 38.9 Å². The number of rotatable bonds is 7. The number of hydrogen-bond acceptors (Lipinski definition) is 5. The first kappa shape index (κ1) is 23.0. The summed E-state index contributed by atoms with van der Waals surface area (Å²) >= 11 is 1.54. The lowest BCUT2D eigenvalue weighted by Gasteiger charge is -2.24. The SMILES string of the molecule is COC(CNC(=O)c1ccc2c(c1)N(Cc1ccccc1C)C(=O)c1ccccc1S2)OC. The molecule has 3 aromatic carbocycles. The highest BCUT2D eigenvalue weighted by atomic mass is 32.2. The molecule has 0 spiro atoms. The van der Waals surface area contributed by atoms with Crippen molar-refractivity contribution >= 4 is 29.3 Å². The molecular weight excluding hydrogens is 436 g/mol. The average Bonchev–Trinajstić information content (AvgIpc) is 2.95. The van der Waals surface area contributed by atoms with Crippen LogP contribution in [-0.2, 0) is 16.0 Å². The number of amides is 2. The standard InChI is InChI=1S/C26H26N2O4S/c1-17-8-4-5-9-19(17)16-28-21-14-18(25(29)27-15-24(31-2)32-3)12-13-23(21)33-22-11-7-6-10-20(22)26(28)30/h4-14,24H,15-16H2,1-3H3,(H,27,29). The average molecular weight is 463 g/mol. The van der Waals surface area contributed by atoms with Crippen molar-refractivity contribution in [1.29, 1.82) is 0 Å². The Morgan fingerprint density at radius 2 is 1.73 bits per heavy atom. The molecule has 6 nitrogen and oxygen atoms in total. The van der Waals surface area contributed by atoms with Crippen molar-refractivity contribution in [2.75, 3.05) is 25.7 Å². The number of ether oxygens (including phenoxy) is 2. The van der Waals surface area contributed by atoms with Crippen LogP contribution in [0, 0.1) is 6.92 Å². The van der Waals surface area contributed by atoms with Crippen molar-refractivity contribution in [2.24, 2.45) is 0 Å². The molecule has 0 fully saturated rings. The van der Waals surface area contributed by atoms with Gasteiger partial charge >= 0.3 is 0 Å². The van der Waals surface area contributed by atoms with Crippen LogP contribution in [0.25, 0.3) is 0 Å². The Balaban J connectivity index is 1.73. The number of anilines is 1. The molecule has 3 aromatic rings. The molecule has 1 aliphatic rings. The molecule has 0 bridgehead atoms. The second kappa shape index (κ2) is 10.2. The topological polar surface area (TPSA) is 67.9 Å². The molecule has 0 saturated carbocycles. The van der Waals surface area contributed by atoms with E-state index in [2.05, 4.69) is 5.32 Å². The molecule has 33 heavy (non-hydrogen) atoms. The van der Waals surface area contributed by atoms with Crippen LogP contribution in [0.4, 0.5) is 5.69 Å². The van der Waals surface area contributed by atoms with Gasteiger partial charge in [-0.25, -0.2) is 0 Å². The molecule has 4 rings (SSSR count). The van der Waals surface area contributed by atoms with Gasteiger partial charge in [-0.15, -0.1) is 0 Å². The zero-order valence-corrected chi connectivity index (χ0v) is 19.6. The second-order valence-electron chi connectivity index (χ2n) is 7.71. The van der Waals surface area contributed by atoms with E-state index in [-0.39, 0.29) is 18.4 Å². The van der Waals surface area contributed by atoms with E-state index < -0.39 is 6.29 Å². The summed E-state index contributed by atoms with van der Waals surface area (Å²) in [7, 11) is 3.04. The second-order valence-corrected chi connectivity index (χ2v) is 8.79. The molecule has 170 valence electrons. The minimum Gasteiger partial charge on any atom is -0.354 e. The summed E-state index contributed by atoms with van der Waals surface area (Å²) < 4.78 is 10.3. The van der Waals surface area contributed by atoms with Gasteiger partial charge in [0.05, 0.1) is 24.3 Å². The Hall–Kier alpha value is -3.13. The smallest absolute Gasteiger partial charge is 0.259 e.